The third-order valence-corrected chi connectivity index (χ3v) is 13.6. The molecule has 0 spiro atoms. The van der Waals surface area contributed by atoms with Gasteiger partial charge in [-0.05, 0) is 88.4 Å². The number of hydrogen-bond donors (Lipinski definition) is 0. The Bertz CT molecular complexity index is 2700. The van der Waals surface area contributed by atoms with Crippen molar-refractivity contribution in [3.63, 3.8) is 0 Å². The molecule has 1 fully saturated rings. The molecule has 2 aliphatic heterocycles. The summed E-state index contributed by atoms with van der Waals surface area (Å²) in [6.45, 7) is 7.99. The van der Waals surface area contributed by atoms with E-state index in [4.69, 9.17) is 0 Å². The summed E-state index contributed by atoms with van der Waals surface area (Å²) in [4.78, 5) is 45.1. The summed E-state index contributed by atoms with van der Waals surface area (Å²) in [7, 11) is -1.28. The minimum absolute atomic E-state index is 0.0390. The summed E-state index contributed by atoms with van der Waals surface area (Å²) in [5.74, 6) is -0.846. The first-order valence-corrected chi connectivity index (χ1v) is 20.7. The van der Waals surface area contributed by atoms with Crippen LogP contribution in [0.15, 0.2) is 98.2 Å². The van der Waals surface area contributed by atoms with Crippen molar-refractivity contribution in [2.75, 3.05) is 29.1 Å². The van der Waals surface area contributed by atoms with Crippen LogP contribution in [0.4, 0.5) is 20.2 Å². The van der Waals surface area contributed by atoms with Gasteiger partial charge in [-0.2, -0.15) is 4.39 Å². The van der Waals surface area contributed by atoms with Crippen molar-refractivity contribution >= 4 is 33.0 Å². The number of halogens is 2. The highest BCUT2D eigenvalue weighted by Crippen LogP contribution is 2.44. The van der Waals surface area contributed by atoms with Crippen LogP contribution >= 0.6 is 0 Å². The average molecular weight is 805 g/mol. The average Bonchev–Trinajstić information content (AvgIpc) is 3.64. The van der Waals surface area contributed by atoms with Gasteiger partial charge in [0.05, 0.1) is 51.4 Å². The zero-order chi connectivity index (χ0) is 41.1. The first-order valence-electron chi connectivity index (χ1n) is 19.0. The van der Waals surface area contributed by atoms with E-state index in [9.17, 15) is 26.8 Å². The number of benzene rings is 2. The summed E-state index contributed by atoms with van der Waals surface area (Å²) >= 11 is 0. The van der Waals surface area contributed by atoms with E-state index in [1.807, 2.05) is 74.9 Å². The molecule has 298 valence electrons. The zero-order valence-electron chi connectivity index (χ0n) is 32.7. The summed E-state index contributed by atoms with van der Waals surface area (Å²) in [5.41, 5.74) is 6.39. The highest BCUT2D eigenvalue weighted by Gasteiger charge is 2.44. The second-order valence-electron chi connectivity index (χ2n) is 16.0. The van der Waals surface area contributed by atoms with E-state index in [1.165, 1.54) is 24.8 Å². The van der Waals surface area contributed by atoms with Gasteiger partial charge in [0.1, 0.15) is 6.33 Å². The van der Waals surface area contributed by atoms with Gasteiger partial charge in [-0.25, -0.2) is 27.8 Å². The molecule has 0 radical (unpaired) electrons. The van der Waals surface area contributed by atoms with Crippen molar-refractivity contribution < 1.29 is 26.8 Å². The molecule has 0 atom stereocenters. The standard InChI is InChI=1S/C24H25FN4O3S.C19H17FN4O/c1-24(2)18-7-4-16(20-14-28(15-27-20)21-8-9-26-13-19(21)25)12-22(18)29(23(24)30)10-3-11-33(31,32)17-5-6-17;1-19(2)14-5-4-13(9-16(14)23(3)18(19)25)24-10-15(22-11-24)12-6-7-21-17(20)8-12/h4,7-9,12-15,17H,3,5-6,10-11H2,1-2H3;4-11H,1-3H3. The summed E-state index contributed by atoms with van der Waals surface area (Å²) in [6.07, 6.45) is 12.8. The third-order valence-electron chi connectivity index (χ3n) is 11.3. The van der Waals surface area contributed by atoms with Crippen LogP contribution < -0.4 is 9.80 Å². The van der Waals surface area contributed by atoms with Gasteiger partial charge in [0.15, 0.2) is 15.7 Å². The minimum Gasteiger partial charge on any atom is -0.314 e. The lowest BCUT2D eigenvalue weighted by molar-refractivity contribution is -0.122. The molecule has 6 aromatic rings. The Kier molecular flexibility index (Phi) is 9.61. The number of aromatic nitrogens is 6. The first kappa shape index (κ1) is 38.8. The molecule has 4 aromatic heterocycles. The number of amides is 2. The Morgan fingerprint density at radius 2 is 1.40 bits per heavy atom. The molecule has 2 aromatic carbocycles. The highest BCUT2D eigenvalue weighted by atomic mass is 32.2. The normalized spacial score (nSPS) is 16.6. The maximum atomic E-state index is 14.1. The first-order chi connectivity index (χ1) is 27.6. The van der Waals surface area contributed by atoms with Crippen LogP contribution in [0.1, 0.15) is 58.1 Å². The van der Waals surface area contributed by atoms with Crippen molar-refractivity contribution in [2.24, 2.45) is 0 Å². The number of carbonyl (C=O) groups is 2. The number of anilines is 2. The van der Waals surface area contributed by atoms with Gasteiger partial charge in [0.25, 0.3) is 0 Å². The van der Waals surface area contributed by atoms with Crippen molar-refractivity contribution in [1.29, 1.82) is 0 Å². The third kappa shape index (κ3) is 6.97. The van der Waals surface area contributed by atoms with E-state index in [-0.39, 0.29) is 22.8 Å². The molecule has 1 saturated carbocycles. The zero-order valence-corrected chi connectivity index (χ0v) is 33.5. The molecule has 6 heterocycles. The van der Waals surface area contributed by atoms with Crippen molar-refractivity contribution in [2.45, 2.75) is 63.0 Å². The van der Waals surface area contributed by atoms with Crippen molar-refractivity contribution in [3.8, 4) is 33.9 Å². The molecule has 58 heavy (non-hydrogen) atoms. The molecule has 2 amide bonds. The largest absolute Gasteiger partial charge is 0.314 e. The molecule has 15 heteroatoms. The Hall–Kier alpha value is -6.09. The monoisotopic (exact) mass is 804 g/mol. The number of nitrogens with zero attached hydrogens (tertiary/aromatic N) is 8. The van der Waals surface area contributed by atoms with Gasteiger partial charge in [0.2, 0.25) is 17.8 Å². The molecule has 0 unspecified atom stereocenters. The number of rotatable bonds is 9. The fourth-order valence-corrected chi connectivity index (χ4v) is 9.45. The van der Waals surface area contributed by atoms with E-state index in [1.54, 1.807) is 46.1 Å². The molecule has 12 nitrogen and oxygen atoms in total. The number of hydrogen-bond acceptors (Lipinski definition) is 8. The molecule has 0 saturated heterocycles. The van der Waals surface area contributed by atoms with Crippen LogP contribution in [-0.4, -0.2) is 73.9 Å². The summed E-state index contributed by atoms with van der Waals surface area (Å²) in [6, 6.07) is 16.3. The lowest BCUT2D eigenvalue weighted by atomic mass is 9.86. The number of carbonyl (C=O) groups excluding carboxylic acids is 2. The van der Waals surface area contributed by atoms with E-state index >= 15 is 0 Å². The number of imidazole rings is 2. The van der Waals surface area contributed by atoms with Gasteiger partial charge in [-0.3, -0.25) is 14.6 Å². The lowest BCUT2D eigenvalue weighted by Gasteiger charge is -2.20. The van der Waals surface area contributed by atoms with Gasteiger partial charge in [-0.1, -0.05) is 18.2 Å². The van der Waals surface area contributed by atoms with E-state index in [2.05, 4.69) is 19.9 Å². The number of sulfone groups is 1. The Balaban J connectivity index is 0.000000168. The smallest absolute Gasteiger partial charge is 0.237 e. The maximum absolute atomic E-state index is 14.1. The van der Waals surface area contributed by atoms with Crippen LogP contribution in [0.2, 0.25) is 0 Å². The lowest BCUT2D eigenvalue weighted by Crippen LogP contribution is -2.37. The van der Waals surface area contributed by atoms with Gasteiger partial charge < -0.3 is 18.9 Å². The molecule has 9 rings (SSSR count). The molecular formula is C43H42F2N8O4S. The van der Waals surface area contributed by atoms with E-state index in [0.717, 1.165) is 52.8 Å². The summed E-state index contributed by atoms with van der Waals surface area (Å²) in [5, 5.41) is -0.192. The molecule has 1 aliphatic carbocycles. The maximum Gasteiger partial charge on any atom is 0.237 e. The SMILES string of the molecule is CC1(C)C(=O)N(CCCS(=O)(=O)C2CC2)c2cc(-c3cn(-c4ccncc4F)cn3)ccc21.CN1C(=O)C(C)(C)c2ccc(-n3cnc(-c4ccnc(F)c4)c3)cc21. The van der Waals surface area contributed by atoms with E-state index in [0.29, 0.717) is 35.6 Å². The number of likely N-dealkylation sites (N-methyl/N-ethyl adjacent to an activating group) is 1. The van der Waals surface area contributed by atoms with Crippen molar-refractivity contribution in [3.05, 3.63) is 121 Å². The van der Waals surface area contributed by atoms with Crippen LogP contribution in [0.3, 0.4) is 0 Å². The Labute approximate surface area is 335 Å². The molecule has 0 N–H and O–H groups in total. The Morgan fingerprint density at radius 1 is 0.741 bits per heavy atom. The van der Waals surface area contributed by atoms with Crippen LogP contribution in [-0.2, 0) is 30.3 Å². The van der Waals surface area contributed by atoms with E-state index < -0.39 is 32.4 Å². The van der Waals surface area contributed by atoms with Crippen LogP contribution in [0.5, 0.6) is 0 Å². The fraction of sp³-hybridized carbons (Fsp3) is 0.302. The Morgan fingerprint density at radius 3 is 2.10 bits per heavy atom. The second kappa shape index (κ2) is 14.4. The number of pyridine rings is 2. The van der Waals surface area contributed by atoms with Crippen LogP contribution in [0.25, 0.3) is 33.9 Å². The van der Waals surface area contributed by atoms with Gasteiger partial charge in [0, 0.05) is 72.6 Å². The molecule has 3 aliphatic rings. The molecule has 0 bridgehead atoms. The van der Waals surface area contributed by atoms with Crippen molar-refractivity contribution in [1.82, 2.24) is 29.1 Å². The quantitative estimate of drug-likeness (QED) is 0.143. The van der Waals surface area contributed by atoms with Gasteiger partial charge in [-0.15, -0.1) is 0 Å². The summed E-state index contributed by atoms with van der Waals surface area (Å²) < 4.78 is 55.4. The number of fused-ring (bicyclic) bond motifs is 2. The fourth-order valence-electron chi connectivity index (χ4n) is 7.73. The van der Waals surface area contributed by atoms with Crippen LogP contribution in [0, 0.1) is 11.8 Å². The second-order valence-corrected chi connectivity index (χ2v) is 18.4. The minimum atomic E-state index is -3.07. The topological polar surface area (TPSA) is 136 Å². The molecular weight excluding hydrogens is 763 g/mol. The predicted molar refractivity (Wildman–Crippen MR) is 217 cm³/mol. The van der Waals surface area contributed by atoms with Gasteiger partial charge >= 0.3 is 0 Å². The predicted octanol–water partition coefficient (Wildman–Crippen LogP) is 6.99. The highest BCUT2D eigenvalue weighted by molar-refractivity contribution is 7.92.